The Morgan fingerprint density at radius 1 is 0.815 bits per heavy atom. The van der Waals surface area contributed by atoms with Crippen molar-refractivity contribution in [2.24, 2.45) is 0 Å². The molecule has 27 heavy (non-hydrogen) atoms. The van der Waals surface area contributed by atoms with Gasteiger partial charge in [-0.15, -0.1) is 0 Å². The minimum absolute atomic E-state index is 0.530. The van der Waals surface area contributed by atoms with E-state index in [9.17, 15) is 9.59 Å². The molecule has 6 heteroatoms. The van der Waals surface area contributed by atoms with Gasteiger partial charge in [-0.05, 0) is 67.5 Å². The lowest BCUT2D eigenvalue weighted by atomic mass is 9.96. The lowest BCUT2D eigenvalue weighted by Gasteiger charge is -2.12. The first-order valence-electron chi connectivity index (χ1n) is 8.73. The number of benzene rings is 2. The number of rotatable bonds is 8. The van der Waals surface area contributed by atoms with Gasteiger partial charge in [0.25, 0.3) is 0 Å². The average molecular weight is 498 g/mol. The zero-order valence-corrected chi connectivity index (χ0v) is 18.4. The highest BCUT2D eigenvalue weighted by atomic mass is 79.9. The second-order valence-corrected chi connectivity index (χ2v) is 8.38. The molecular weight excluding hydrogens is 476 g/mol. The van der Waals surface area contributed by atoms with Gasteiger partial charge in [0.05, 0.1) is 11.8 Å². The number of carboxylic acids is 2. The van der Waals surface area contributed by atoms with Crippen LogP contribution in [0.2, 0.25) is 0 Å². The van der Waals surface area contributed by atoms with Crippen molar-refractivity contribution in [3.05, 3.63) is 67.6 Å². The third-order valence-corrected chi connectivity index (χ3v) is 6.26. The highest BCUT2D eigenvalue weighted by Crippen LogP contribution is 2.27. The first-order chi connectivity index (χ1) is 12.7. The van der Waals surface area contributed by atoms with Crippen LogP contribution in [0.3, 0.4) is 0 Å². The molecule has 0 aliphatic carbocycles. The van der Waals surface area contributed by atoms with Crippen LogP contribution >= 0.6 is 31.9 Å². The van der Waals surface area contributed by atoms with Crippen LogP contribution in [0.1, 0.15) is 54.4 Å². The molecule has 2 rings (SSSR count). The zero-order valence-electron chi connectivity index (χ0n) is 15.2. The monoisotopic (exact) mass is 496 g/mol. The Hall–Kier alpha value is -1.66. The summed E-state index contributed by atoms with van der Waals surface area (Å²) in [7, 11) is 0. The topological polar surface area (TPSA) is 74.6 Å². The molecule has 0 radical (unpaired) electrons. The van der Waals surface area contributed by atoms with Crippen LogP contribution in [0.25, 0.3) is 0 Å². The molecule has 0 aromatic heterocycles. The Labute approximate surface area is 175 Å². The maximum absolute atomic E-state index is 11.1. The van der Waals surface area contributed by atoms with Gasteiger partial charge in [0.1, 0.15) is 0 Å². The van der Waals surface area contributed by atoms with Crippen molar-refractivity contribution in [3.8, 4) is 0 Å². The van der Waals surface area contributed by atoms with Gasteiger partial charge in [0, 0.05) is 8.95 Å². The van der Waals surface area contributed by atoms with Gasteiger partial charge in [-0.2, -0.15) is 0 Å². The van der Waals surface area contributed by atoms with E-state index in [1.165, 1.54) is 0 Å². The van der Waals surface area contributed by atoms with Gasteiger partial charge in [-0.25, -0.2) is 0 Å². The summed E-state index contributed by atoms with van der Waals surface area (Å²) >= 11 is 7.09. The van der Waals surface area contributed by atoms with E-state index >= 15 is 0 Å². The average Bonchev–Trinajstić information content (AvgIpc) is 2.62. The Bertz CT molecular complexity index is 779. The lowest BCUT2D eigenvalue weighted by molar-refractivity contribution is -0.139. The first-order valence-corrected chi connectivity index (χ1v) is 10.3. The van der Waals surface area contributed by atoms with Crippen molar-refractivity contribution in [1.29, 1.82) is 0 Å². The molecule has 0 aliphatic heterocycles. The fraction of sp³-hybridized carbons (Fsp3) is 0.333. The molecule has 144 valence electrons. The van der Waals surface area contributed by atoms with Crippen molar-refractivity contribution in [1.82, 2.24) is 0 Å². The molecule has 0 heterocycles. The third kappa shape index (κ3) is 5.66. The fourth-order valence-corrected chi connectivity index (χ4v) is 4.02. The second kappa shape index (κ2) is 9.51. The molecule has 0 spiro atoms. The summed E-state index contributed by atoms with van der Waals surface area (Å²) in [5.74, 6) is -2.73. The molecule has 2 aromatic rings. The lowest BCUT2D eigenvalue weighted by Crippen LogP contribution is -2.08. The van der Waals surface area contributed by atoms with Crippen LogP contribution in [-0.4, -0.2) is 22.2 Å². The molecule has 0 aliphatic rings. The van der Waals surface area contributed by atoms with Crippen LogP contribution in [0, 0.1) is 0 Å². The van der Waals surface area contributed by atoms with Gasteiger partial charge < -0.3 is 10.2 Å². The minimum atomic E-state index is -0.833. The Balaban J connectivity index is 2.00. The van der Waals surface area contributed by atoms with Crippen molar-refractivity contribution in [3.63, 3.8) is 0 Å². The van der Waals surface area contributed by atoms with Crippen molar-refractivity contribution < 1.29 is 19.8 Å². The standard InChI is InChI=1S/C21H22Br2O4/c1-12(20(24)25)16-8-6-14(18(22)10-16)4-3-5-15-7-9-17(11-19(15)23)13(2)21(26)27/h6-13H,3-5H2,1-2H3,(H,24,25)(H,26,27). The maximum Gasteiger partial charge on any atom is 0.310 e. The largest absolute Gasteiger partial charge is 0.481 e. The molecule has 0 saturated carbocycles. The van der Waals surface area contributed by atoms with Gasteiger partial charge in [0.2, 0.25) is 0 Å². The number of hydrogen-bond donors (Lipinski definition) is 2. The van der Waals surface area contributed by atoms with Crippen LogP contribution in [0.5, 0.6) is 0 Å². The van der Waals surface area contributed by atoms with E-state index in [2.05, 4.69) is 31.9 Å². The molecular formula is C21H22Br2O4. The van der Waals surface area contributed by atoms with E-state index in [1.807, 2.05) is 36.4 Å². The molecule has 2 atom stereocenters. The number of carbonyl (C=O) groups is 2. The van der Waals surface area contributed by atoms with Crippen LogP contribution in [0.15, 0.2) is 45.3 Å². The summed E-state index contributed by atoms with van der Waals surface area (Å²) in [6.45, 7) is 3.35. The summed E-state index contributed by atoms with van der Waals surface area (Å²) in [6, 6.07) is 11.5. The molecule has 0 bridgehead atoms. The van der Waals surface area contributed by atoms with Gasteiger partial charge >= 0.3 is 11.9 Å². The van der Waals surface area contributed by atoms with Gasteiger partial charge in [-0.1, -0.05) is 56.1 Å². The van der Waals surface area contributed by atoms with Crippen molar-refractivity contribution in [2.45, 2.75) is 44.9 Å². The molecule has 4 nitrogen and oxygen atoms in total. The molecule has 2 aromatic carbocycles. The van der Waals surface area contributed by atoms with E-state index < -0.39 is 23.8 Å². The van der Waals surface area contributed by atoms with E-state index in [0.29, 0.717) is 0 Å². The minimum Gasteiger partial charge on any atom is -0.481 e. The smallest absolute Gasteiger partial charge is 0.310 e. The van der Waals surface area contributed by atoms with Crippen LogP contribution in [-0.2, 0) is 22.4 Å². The quantitative estimate of drug-likeness (QED) is 0.486. The summed E-state index contributed by atoms with van der Waals surface area (Å²) in [5.41, 5.74) is 3.85. The summed E-state index contributed by atoms with van der Waals surface area (Å²) in [5, 5.41) is 18.2. The molecule has 2 N–H and O–H groups in total. The van der Waals surface area contributed by atoms with Crippen LogP contribution in [0.4, 0.5) is 0 Å². The summed E-state index contributed by atoms with van der Waals surface area (Å²) in [4.78, 5) is 22.2. The maximum atomic E-state index is 11.1. The number of halogens is 2. The molecule has 0 amide bonds. The summed E-state index contributed by atoms with van der Waals surface area (Å²) in [6.07, 6.45) is 2.66. The molecule has 0 saturated heterocycles. The highest BCUT2D eigenvalue weighted by Gasteiger charge is 2.16. The third-order valence-electron chi connectivity index (χ3n) is 4.79. The number of aryl methyl sites for hydroxylation is 2. The van der Waals surface area contributed by atoms with Crippen molar-refractivity contribution >= 4 is 43.8 Å². The number of hydrogen-bond acceptors (Lipinski definition) is 2. The molecule has 2 unspecified atom stereocenters. The van der Waals surface area contributed by atoms with E-state index in [-0.39, 0.29) is 0 Å². The van der Waals surface area contributed by atoms with Crippen molar-refractivity contribution in [2.75, 3.05) is 0 Å². The van der Waals surface area contributed by atoms with Gasteiger partial charge in [-0.3, -0.25) is 9.59 Å². The van der Waals surface area contributed by atoms with E-state index in [4.69, 9.17) is 10.2 Å². The SMILES string of the molecule is CC(C(=O)O)c1ccc(CCCc2ccc(C(C)C(=O)O)cc2Br)c(Br)c1. The Morgan fingerprint density at radius 2 is 1.19 bits per heavy atom. The first kappa shape index (κ1) is 21.6. The predicted octanol–water partition coefficient (Wildman–Crippen LogP) is 5.76. The Kier molecular flexibility index (Phi) is 7.62. The summed E-state index contributed by atoms with van der Waals surface area (Å²) < 4.78 is 1.86. The number of carboxylic acid groups (broad SMARTS) is 2. The van der Waals surface area contributed by atoms with Gasteiger partial charge in [0.15, 0.2) is 0 Å². The Morgan fingerprint density at radius 3 is 1.48 bits per heavy atom. The fourth-order valence-electron chi connectivity index (χ4n) is 2.83. The van der Waals surface area contributed by atoms with E-state index in [1.54, 1.807) is 13.8 Å². The molecule has 0 fully saturated rings. The van der Waals surface area contributed by atoms with E-state index in [0.717, 1.165) is 50.5 Å². The second-order valence-electron chi connectivity index (χ2n) is 6.68. The predicted molar refractivity (Wildman–Crippen MR) is 112 cm³/mol. The normalized spacial score (nSPS) is 13.2. The number of aliphatic carboxylic acids is 2. The highest BCUT2D eigenvalue weighted by molar-refractivity contribution is 9.10. The van der Waals surface area contributed by atoms with Crippen LogP contribution < -0.4 is 0 Å². The zero-order chi connectivity index (χ0) is 20.1.